The minimum Gasteiger partial charge on any atom is -0.490 e. The summed E-state index contributed by atoms with van der Waals surface area (Å²) in [5, 5.41) is 3.64. The van der Waals surface area contributed by atoms with Gasteiger partial charge >= 0.3 is 0 Å². The maximum absolute atomic E-state index is 6.42. The zero-order chi connectivity index (χ0) is 15.1. The summed E-state index contributed by atoms with van der Waals surface area (Å²) in [5.41, 5.74) is 1.33. The van der Waals surface area contributed by atoms with Crippen LogP contribution >= 0.6 is 0 Å². The predicted octanol–water partition coefficient (Wildman–Crippen LogP) is 5.09. The molecule has 2 rings (SSSR count). The van der Waals surface area contributed by atoms with Crippen molar-refractivity contribution in [3.8, 4) is 5.75 Å². The molecule has 3 unspecified atom stereocenters. The highest BCUT2D eigenvalue weighted by molar-refractivity contribution is 5.36. The number of ether oxygens (including phenoxy) is 1. The molecule has 0 aliphatic heterocycles. The Balaban J connectivity index is 2.11. The number of hydrogen-bond acceptors (Lipinski definition) is 2. The van der Waals surface area contributed by atoms with Gasteiger partial charge in [0.05, 0.1) is 0 Å². The summed E-state index contributed by atoms with van der Waals surface area (Å²) in [5.74, 6) is 1.77. The van der Waals surface area contributed by atoms with E-state index in [0.717, 1.165) is 18.7 Å². The van der Waals surface area contributed by atoms with Crippen molar-refractivity contribution >= 4 is 0 Å². The zero-order valence-corrected chi connectivity index (χ0v) is 13.9. The van der Waals surface area contributed by atoms with Gasteiger partial charge < -0.3 is 10.1 Å². The molecule has 0 saturated heterocycles. The third-order valence-electron chi connectivity index (χ3n) is 4.65. The van der Waals surface area contributed by atoms with Gasteiger partial charge in [-0.3, -0.25) is 0 Å². The second-order valence-electron chi connectivity index (χ2n) is 6.37. The first-order valence-electron chi connectivity index (χ1n) is 8.75. The molecule has 2 heteroatoms. The minimum absolute atomic E-state index is 0.392. The second-order valence-corrected chi connectivity index (χ2v) is 6.37. The zero-order valence-electron chi connectivity index (χ0n) is 13.9. The van der Waals surface area contributed by atoms with Crippen molar-refractivity contribution in [3.05, 3.63) is 29.8 Å². The third-order valence-corrected chi connectivity index (χ3v) is 4.65. The first-order chi connectivity index (χ1) is 10.3. The van der Waals surface area contributed by atoms with E-state index in [1.807, 2.05) is 0 Å². The van der Waals surface area contributed by atoms with E-state index in [9.17, 15) is 0 Å². The Bertz CT molecular complexity index is 418. The van der Waals surface area contributed by atoms with Gasteiger partial charge in [-0.05, 0) is 50.6 Å². The normalized spacial score (nSPS) is 23.8. The SMILES string of the molecule is CCCNC(CC)c1ccccc1OC1CCCCC1C. The Kier molecular flexibility index (Phi) is 6.56. The topological polar surface area (TPSA) is 21.3 Å². The fourth-order valence-corrected chi connectivity index (χ4v) is 3.29. The van der Waals surface area contributed by atoms with Crippen molar-refractivity contribution in [2.75, 3.05) is 6.54 Å². The fourth-order valence-electron chi connectivity index (χ4n) is 3.29. The van der Waals surface area contributed by atoms with Crippen LogP contribution in [-0.4, -0.2) is 12.6 Å². The molecule has 118 valence electrons. The van der Waals surface area contributed by atoms with Crippen molar-refractivity contribution < 1.29 is 4.74 Å². The number of nitrogens with one attached hydrogen (secondary N) is 1. The lowest BCUT2D eigenvalue weighted by Crippen LogP contribution is -2.29. The van der Waals surface area contributed by atoms with Crippen LogP contribution < -0.4 is 10.1 Å². The van der Waals surface area contributed by atoms with Crippen LogP contribution in [0.2, 0.25) is 0 Å². The summed E-state index contributed by atoms with van der Waals surface area (Å²) < 4.78 is 6.42. The fraction of sp³-hybridized carbons (Fsp3) is 0.684. The Morgan fingerprint density at radius 3 is 2.67 bits per heavy atom. The molecule has 1 saturated carbocycles. The standard InChI is InChI=1S/C19H31NO/c1-4-14-20-17(5-2)16-11-7-9-13-19(16)21-18-12-8-6-10-15(18)3/h7,9,11,13,15,17-18,20H,4-6,8,10,12,14H2,1-3H3. The lowest BCUT2D eigenvalue weighted by Gasteiger charge is -2.31. The molecular weight excluding hydrogens is 258 g/mol. The summed E-state index contributed by atoms with van der Waals surface area (Å²) >= 11 is 0. The highest BCUT2D eigenvalue weighted by Crippen LogP contribution is 2.32. The van der Waals surface area contributed by atoms with Gasteiger partial charge in [0.15, 0.2) is 0 Å². The number of rotatable bonds is 7. The molecule has 2 nitrogen and oxygen atoms in total. The van der Waals surface area contributed by atoms with Crippen LogP contribution in [0.15, 0.2) is 24.3 Å². The average molecular weight is 289 g/mol. The van der Waals surface area contributed by atoms with Gasteiger partial charge in [-0.15, -0.1) is 0 Å². The molecule has 0 spiro atoms. The molecule has 1 aromatic rings. The number of hydrogen-bond donors (Lipinski definition) is 1. The van der Waals surface area contributed by atoms with Crippen molar-refractivity contribution in [1.82, 2.24) is 5.32 Å². The van der Waals surface area contributed by atoms with Crippen molar-refractivity contribution in [1.29, 1.82) is 0 Å². The Hall–Kier alpha value is -1.02. The molecule has 3 atom stereocenters. The number of benzene rings is 1. The van der Waals surface area contributed by atoms with Crippen LogP contribution in [0.5, 0.6) is 5.75 Å². The van der Waals surface area contributed by atoms with Gasteiger partial charge in [-0.2, -0.15) is 0 Å². The van der Waals surface area contributed by atoms with Crippen LogP contribution in [0.25, 0.3) is 0 Å². The molecule has 0 aromatic heterocycles. The first-order valence-corrected chi connectivity index (χ1v) is 8.75. The third kappa shape index (κ3) is 4.47. The van der Waals surface area contributed by atoms with Gasteiger partial charge in [0.1, 0.15) is 11.9 Å². The summed E-state index contributed by atoms with van der Waals surface area (Å²) in [6.45, 7) is 7.85. The highest BCUT2D eigenvalue weighted by atomic mass is 16.5. The lowest BCUT2D eigenvalue weighted by atomic mass is 9.88. The van der Waals surface area contributed by atoms with E-state index in [1.165, 1.54) is 37.7 Å². The van der Waals surface area contributed by atoms with Gasteiger partial charge in [-0.25, -0.2) is 0 Å². The first kappa shape index (κ1) is 16.4. The highest BCUT2D eigenvalue weighted by Gasteiger charge is 2.24. The molecule has 0 bridgehead atoms. The van der Waals surface area contributed by atoms with Gasteiger partial charge in [0.2, 0.25) is 0 Å². The van der Waals surface area contributed by atoms with Gasteiger partial charge in [0, 0.05) is 11.6 Å². The van der Waals surface area contributed by atoms with Crippen LogP contribution in [-0.2, 0) is 0 Å². The average Bonchev–Trinajstić information content (AvgIpc) is 2.52. The van der Waals surface area contributed by atoms with E-state index < -0.39 is 0 Å². The lowest BCUT2D eigenvalue weighted by molar-refractivity contribution is 0.101. The van der Waals surface area contributed by atoms with E-state index in [0.29, 0.717) is 18.1 Å². The molecule has 1 N–H and O–H groups in total. The van der Waals surface area contributed by atoms with Crippen LogP contribution in [0.3, 0.4) is 0 Å². The molecule has 0 amide bonds. The van der Waals surface area contributed by atoms with Gasteiger partial charge in [0.25, 0.3) is 0 Å². The van der Waals surface area contributed by atoms with Crippen LogP contribution in [0, 0.1) is 5.92 Å². The van der Waals surface area contributed by atoms with E-state index in [1.54, 1.807) is 0 Å². The number of para-hydroxylation sites is 1. The Labute approximate surface area is 130 Å². The maximum atomic E-state index is 6.42. The van der Waals surface area contributed by atoms with Crippen LogP contribution in [0.1, 0.15) is 70.9 Å². The molecule has 1 aromatic carbocycles. The smallest absolute Gasteiger partial charge is 0.124 e. The van der Waals surface area contributed by atoms with Crippen LogP contribution in [0.4, 0.5) is 0 Å². The minimum atomic E-state index is 0.392. The van der Waals surface area contributed by atoms with Gasteiger partial charge in [-0.1, -0.05) is 45.4 Å². The molecular formula is C19H31NO. The largest absolute Gasteiger partial charge is 0.490 e. The monoisotopic (exact) mass is 289 g/mol. The quantitative estimate of drug-likeness (QED) is 0.754. The molecule has 1 aliphatic carbocycles. The van der Waals surface area contributed by atoms with E-state index in [2.05, 4.69) is 50.4 Å². The molecule has 1 fully saturated rings. The summed E-state index contributed by atoms with van der Waals surface area (Å²) in [4.78, 5) is 0. The van der Waals surface area contributed by atoms with E-state index in [-0.39, 0.29) is 0 Å². The van der Waals surface area contributed by atoms with Crippen molar-refractivity contribution in [2.45, 2.75) is 71.4 Å². The molecule has 1 aliphatic rings. The Morgan fingerprint density at radius 1 is 1.19 bits per heavy atom. The van der Waals surface area contributed by atoms with E-state index in [4.69, 9.17) is 4.74 Å². The predicted molar refractivity (Wildman–Crippen MR) is 89.8 cm³/mol. The molecule has 21 heavy (non-hydrogen) atoms. The molecule has 0 radical (unpaired) electrons. The second kappa shape index (κ2) is 8.43. The molecule has 0 heterocycles. The summed E-state index contributed by atoms with van der Waals surface area (Å²) in [6, 6.07) is 8.99. The van der Waals surface area contributed by atoms with Crippen molar-refractivity contribution in [2.24, 2.45) is 5.92 Å². The maximum Gasteiger partial charge on any atom is 0.124 e. The summed E-state index contributed by atoms with van der Waals surface area (Å²) in [6.07, 6.45) is 7.83. The van der Waals surface area contributed by atoms with Crippen molar-refractivity contribution in [3.63, 3.8) is 0 Å². The van der Waals surface area contributed by atoms with E-state index >= 15 is 0 Å². The Morgan fingerprint density at radius 2 is 1.95 bits per heavy atom. The summed E-state index contributed by atoms with van der Waals surface area (Å²) in [7, 11) is 0.